The average molecular weight is 377 g/mol. The van der Waals surface area contributed by atoms with Crippen LogP contribution in [-0.2, 0) is 9.59 Å². The molecule has 2 aromatic rings. The molecule has 0 spiro atoms. The number of anilines is 1. The van der Waals surface area contributed by atoms with E-state index in [9.17, 15) is 9.59 Å². The van der Waals surface area contributed by atoms with Gasteiger partial charge in [-0.2, -0.15) is 0 Å². The molecule has 0 radical (unpaired) electrons. The lowest BCUT2D eigenvalue weighted by molar-refractivity contribution is -0.124. The number of nitrogens with two attached hydrogens (primary N) is 1. The molecular weight excluding hydrogens is 356 g/mol. The third kappa shape index (κ3) is 5.39. The van der Waals surface area contributed by atoms with Crippen LogP contribution in [0.2, 0.25) is 5.02 Å². The number of carbonyl (C=O) groups excluding carboxylic acids is 2. The molecule has 0 aliphatic carbocycles. The summed E-state index contributed by atoms with van der Waals surface area (Å²) in [4.78, 5) is 25.5. The Morgan fingerprint density at radius 3 is 2.42 bits per heavy atom. The van der Waals surface area contributed by atoms with Gasteiger partial charge in [0.1, 0.15) is 11.5 Å². The van der Waals surface area contributed by atoms with E-state index in [1.54, 1.807) is 62.6 Å². The van der Waals surface area contributed by atoms with Gasteiger partial charge in [0.25, 0.3) is 5.91 Å². The molecule has 7 heteroatoms. The van der Waals surface area contributed by atoms with Gasteiger partial charge in [-0.3, -0.25) is 9.59 Å². The van der Waals surface area contributed by atoms with Crippen LogP contribution in [0.15, 0.2) is 48.5 Å². The molecule has 0 saturated heterocycles. The summed E-state index contributed by atoms with van der Waals surface area (Å²) in [5.41, 5.74) is 5.86. The molecule has 0 heterocycles. The number of primary amides is 1. The van der Waals surface area contributed by atoms with Crippen molar-refractivity contribution in [2.24, 2.45) is 5.73 Å². The van der Waals surface area contributed by atoms with Crippen molar-refractivity contribution in [3.63, 3.8) is 0 Å². The van der Waals surface area contributed by atoms with Crippen LogP contribution in [0.5, 0.6) is 11.5 Å². The molecular formula is C19H21ClN2O4. The van der Waals surface area contributed by atoms with Crippen LogP contribution >= 0.6 is 11.6 Å². The first-order valence-corrected chi connectivity index (χ1v) is 8.44. The molecule has 0 aromatic heterocycles. The van der Waals surface area contributed by atoms with E-state index in [4.69, 9.17) is 26.8 Å². The maximum absolute atomic E-state index is 12.9. The summed E-state index contributed by atoms with van der Waals surface area (Å²) in [5.74, 6) is 0.373. The molecule has 1 atom stereocenters. The summed E-state index contributed by atoms with van der Waals surface area (Å²) in [5, 5.41) is 0.517. The topological polar surface area (TPSA) is 81.9 Å². The summed E-state index contributed by atoms with van der Waals surface area (Å²) in [6.07, 6.45) is -0.731. The molecule has 26 heavy (non-hydrogen) atoms. The fourth-order valence-electron chi connectivity index (χ4n) is 2.36. The van der Waals surface area contributed by atoms with Gasteiger partial charge in [-0.15, -0.1) is 0 Å². The number of hydrogen-bond donors (Lipinski definition) is 1. The van der Waals surface area contributed by atoms with Crippen LogP contribution < -0.4 is 20.1 Å². The largest absolute Gasteiger partial charge is 0.497 e. The highest BCUT2D eigenvalue weighted by molar-refractivity contribution is 6.30. The van der Waals surface area contributed by atoms with Crippen molar-refractivity contribution in [1.29, 1.82) is 0 Å². The second-order valence-corrected chi connectivity index (χ2v) is 6.06. The van der Waals surface area contributed by atoms with Crippen LogP contribution in [-0.4, -0.2) is 31.6 Å². The van der Waals surface area contributed by atoms with Gasteiger partial charge in [-0.05, 0) is 49.4 Å². The summed E-state index contributed by atoms with van der Waals surface area (Å²) in [6.45, 7) is 1.80. The number of rotatable bonds is 8. The first kappa shape index (κ1) is 19.6. The van der Waals surface area contributed by atoms with Crippen molar-refractivity contribution < 1.29 is 19.1 Å². The number of nitrogens with zero attached hydrogens (tertiary/aromatic N) is 1. The molecule has 6 nitrogen and oxygen atoms in total. The zero-order chi connectivity index (χ0) is 19.1. The number of hydrogen-bond acceptors (Lipinski definition) is 4. The Balaban J connectivity index is 2.18. The quantitative estimate of drug-likeness (QED) is 0.767. The Morgan fingerprint density at radius 2 is 1.85 bits per heavy atom. The molecule has 2 N–H and O–H groups in total. The van der Waals surface area contributed by atoms with Gasteiger partial charge in [0.2, 0.25) is 5.91 Å². The Bertz CT molecular complexity index is 764. The van der Waals surface area contributed by atoms with Gasteiger partial charge < -0.3 is 20.1 Å². The normalized spacial score (nSPS) is 11.5. The smallest absolute Gasteiger partial charge is 0.267 e. The van der Waals surface area contributed by atoms with E-state index in [-0.39, 0.29) is 18.9 Å². The lowest BCUT2D eigenvalue weighted by Crippen LogP contribution is -2.42. The van der Waals surface area contributed by atoms with Crippen molar-refractivity contribution in [3.05, 3.63) is 53.6 Å². The van der Waals surface area contributed by atoms with Gasteiger partial charge in [-0.25, -0.2) is 0 Å². The molecule has 0 fully saturated rings. The Hall–Kier alpha value is -2.73. The number of amides is 2. The van der Waals surface area contributed by atoms with Crippen molar-refractivity contribution in [2.75, 3.05) is 18.6 Å². The minimum Gasteiger partial charge on any atom is -0.497 e. The monoisotopic (exact) mass is 376 g/mol. The lowest BCUT2D eigenvalue weighted by Gasteiger charge is -2.26. The first-order chi connectivity index (χ1) is 12.4. The maximum atomic E-state index is 12.9. The van der Waals surface area contributed by atoms with Crippen LogP contribution in [0.1, 0.15) is 13.3 Å². The average Bonchev–Trinajstić information content (AvgIpc) is 2.62. The summed E-state index contributed by atoms with van der Waals surface area (Å²) in [7, 11) is 1.56. The van der Waals surface area contributed by atoms with Gasteiger partial charge in [0.05, 0.1) is 7.11 Å². The third-order valence-corrected chi connectivity index (χ3v) is 3.92. The fraction of sp³-hybridized carbons (Fsp3) is 0.263. The van der Waals surface area contributed by atoms with E-state index in [0.29, 0.717) is 22.2 Å². The number of methoxy groups -OCH3 is 1. The van der Waals surface area contributed by atoms with Gasteiger partial charge >= 0.3 is 0 Å². The van der Waals surface area contributed by atoms with E-state index in [1.165, 1.54) is 4.90 Å². The molecule has 0 aliphatic heterocycles. The van der Waals surface area contributed by atoms with Crippen molar-refractivity contribution in [3.8, 4) is 11.5 Å². The predicted molar refractivity (Wildman–Crippen MR) is 101 cm³/mol. The van der Waals surface area contributed by atoms with E-state index >= 15 is 0 Å². The van der Waals surface area contributed by atoms with Crippen LogP contribution in [0.25, 0.3) is 0 Å². The Kier molecular flexibility index (Phi) is 6.86. The van der Waals surface area contributed by atoms with Crippen molar-refractivity contribution in [1.82, 2.24) is 0 Å². The predicted octanol–water partition coefficient (Wildman–Crippen LogP) is 3.02. The molecule has 0 aliphatic rings. The van der Waals surface area contributed by atoms with Crippen LogP contribution in [0.4, 0.5) is 5.69 Å². The minimum atomic E-state index is -0.775. The minimum absolute atomic E-state index is 0.0433. The summed E-state index contributed by atoms with van der Waals surface area (Å²) in [6, 6.07) is 13.8. The highest BCUT2D eigenvalue weighted by Crippen LogP contribution is 2.23. The Morgan fingerprint density at radius 1 is 1.15 bits per heavy atom. The number of ether oxygens (including phenoxy) is 2. The first-order valence-electron chi connectivity index (χ1n) is 8.06. The highest BCUT2D eigenvalue weighted by Gasteiger charge is 2.24. The number of carbonyl (C=O) groups is 2. The zero-order valence-corrected chi connectivity index (χ0v) is 15.4. The third-order valence-electron chi connectivity index (χ3n) is 3.69. The summed E-state index contributed by atoms with van der Waals surface area (Å²) >= 11 is 5.94. The molecule has 0 saturated carbocycles. The molecule has 138 valence electrons. The van der Waals surface area contributed by atoms with Gasteiger partial charge in [-0.1, -0.05) is 17.7 Å². The number of benzene rings is 2. The maximum Gasteiger partial charge on any atom is 0.267 e. The standard InChI is InChI=1S/C19H21ClN2O4/c1-13(26-17-5-3-4-14(20)12-17)19(24)22(11-10-18(21)23)15-6-8-16(25-2)9-7-15/h3-9,12-13H,10-11H2,1-2H3,(H2,21,23)/t13-/m1/s1. The SMILES string of the molecule is COc1ccc(N(CCC(N)=O)C(=O)[C@@H](C)Oc2cccc(Cl)c2)cc1. The van der Waals surface area contributed by atoms with E-state index in [1.807, 2.05) is 0 Å². The molecule has 2 aromatic carbocycles. The highest BCUT2D eigenvalue weighted by atomic mass is 35.5. The van der Waals surface area contributed by atoms with E-state index in [0.717, 1.165) is 0 Å². The second kappa shape index (κ2) is 9.10. The van der Waals surface area contributed by atoms with Gasteiger partial charge in [0.15, 0.2) is 6.10 Å². The summed E-state index contributed by atoms with van der Waals surface area (Å²) < 4.78 is 10.8. The van der Waals surface area contributed by atoms with Crippen molar-refractivity contribution in [2.45, 2.75) is 19.4 Å². The zero-order valence-electron chi connectivity index (χ0n) is 14.6. The Labute approximate surface area is 157 Å². The van der Waals surface area contributed by atoms with E-state index < -0.39 is 12.0 Å². The molecule has 0 bridgehead atoms. The van der Waals surface area contributed by atoms with Crippen molar-refractivity contribution >= 4 is 29.1 Å². The molecule has 2 rings (SSSR count). The lowest BCUT2D eigenvalue weighted by atomic mass is 10.2. The molecule has 0 unspecified atom stereocenters. The van der Waals surface area contributed by atoms with Crippen LogP contribution in [0.3, 0.4) is 0 Å². The number of halogens is 1. The van der Waals surface area contributed by atoms with E-state index in [2.05, 4.69) is 0 Å². The fourth-order valence-corrected chi connectivity index (χ4v) is 2.55. The second-order valence-electron chi connectivity index (χ2n) is 5.62. The molecule has 2 amide bonds. The van der Waals surface area contributed by atoms with Gasteiger partial charge in [0, 0.05) is 23.7 Å². The van der Waals surface area contributed by atoms with Crippen LogP contribution in [0, 0.1) is 0 Å².